The van der Waals surface area contributed by atoms with Gasteiger partial charge in [-0.2, -0.15) is 0 Å². The molecule has 58 heavy (non-hydrogen) atoms. The Bertz CT molecular complexity index is 1910. The van der Waals surface area contributed by atoms with Gasteiger partial charge in [-0.05, 0) is 76.0 Å². The van der Waals surface area contributed by atoms with Crippen molar-refractivity contribution in [2.45, 2.75) is 108 Å². The van der Waals surface area contributed by atoms with E-state index in [0.29, 0.717) is 62.4 Å². The van der Waals surface area contributed by atoms with Gasteiger partial charge in [0.15, 0.2) is 11.5 Å². The van der Waals surface area contributed by atoms with Gasteiger partial charge in [0.25, 0.3) is 0 Å². The van der Waals surface area contributed by atoms with Crippen LogP contribution in [0.2, 0.25) is 0 Å². The zero-order valence-electron chi connectivity index (χ0n) is 33.1. The van der Waals surface area contributed by atoms with Crippen LogP contribution < -0.4 is 30.7 Å². The number of rotatable bonds is 6. The first kappa shape index (κ1) is 40.8. The van der Waals surface area contributed by atoms with Crippen LogP contribution in [0.25, 0.3) is 0 Å². The van der Waals surface area contributed by atoms with Crippen LogP contribution in [0.15, 0.2) is 42.5 Å². The van der Waals surface area contributed by atoms with E-state index >= 15 is 0 Å². The molecule has 0 spiro atoms. The minimum Gasteiger partial charge on any atom is -0.462 e. The molecule has 0 aliphatic carbocycles. The van der Waals surface area contributed by atoms with Gasteiger partial charge >= 0.3 is 12.0 Å². The Kier molecular flexibility index (Phi) is 12.4. The Labute approximate surface area is 337 Å². The molecule has 8 atom stereocenters. The summed E-state index contributed by atoms with van der Waals surface area (Å²) in [6, 6.07) is 5.71. The number of amides is 6. The smallest absolute Gasteiger partial charge is 0.328 e. The minimum absolute atomic E-state index is 0.0401. The number of nitrogens with one attached hydrogen (secondary N) is 4. The summed E-state index contributed by atoms with van der Waals surface area (Å²) >= 11 is 0. The molecule has 0 radical (unpaired) electrons. The third kappa shape index (κ3) is 8.99. The van der Waals surface area contributed by atoms with Crippen LogP contribution in [0.5, 0.6) is 11.5 Å². The average Bonchev–Trinajstić information content (AvgIpc) is 3.98. The van der Waals surface area contributed by atoms with Crippen LogP contribution in [0, 0.1) is 12.8 Å². The van der Waals surface area contributed by atoms with Gasteiger partial charge in [0, 0.05) is 37.8 Å². The standard InChI is InChI=1S/C41H53N7O10/c1-23-8-6-9-26(16-23)18-28(45-41(55)43-27-12-13-33-34(19-27)58-22-57-33)35(49)44-29-21-56-40(54)32-17-24(2)20-48(32)37(51)25(3)42-36(50)30-10-4-5-14-46(30)39(53)31-11-7-15-47(31)38(29)52/h6,8-9,12-13,16,19,24-25,28-32,38,52H,4-5,7,10-11,14-15,17-18,20-22H2,1-3H3,(H,42,50)(H,44,49)(H2,43,45,55)/t24-,25+,28+,29+,30+,31+,32+,38?/m1/s1. The quantitative estimate of drug-likeness (QED) is 0.264. The van der Waals surface area contributed by atoms with E-state index in [4.69, 9.17) is 14.2 Å². The largest absolute Gasteiger partial charge is 0.462 e. The number of carbonyl (C=O) groups is 6. The molecule has 5 N–H and O–H groups in total. The molecular formula is C41H53N7O10. The zero-order valence-corrected chi connectivity index (χ0v) is 33.1. The number of esters is 1. The SMILES string of the molecule is Cc1cccc(C[C@H](NC(=O)Nc2ccc3c(c2)OCO3)C(=O)N[C@H]2COC(=O)[C@@H]3C[C@@H](C)CN3C(=O)[C@H](C)NC(=O)[C@@H]3CCCCN3C(=O)[C@@H]3CCCN3C2O)c1. The summed E-state index contributed by atoms with van der Waals surface area (Å²) in [6.45, 7) is 5.87. The lowest BCUT2D eigenvalue weighted by Gasteiger charge is -2.40. The van der Waals surface area contributed by atoms with Crippen molar-refractivity contribution in [1.82, 2.24) is 30.7 Å². The Balaban J connectivity index is 1.17. The molecule has 2 aromatic carbocycles. The number of benzene rings is 2. The molecule has 17 heteroatoms. The number of aliphatic hydroxyl groups excluding tert-OH is 1. The number of ether oxygens (including phenoxy) is 3. The number of urea groups is 1. The maximum absolute atomic E-state index is 14.4. The van der Waals surface area contributed by atoms with E-state index in [1.807, 2.05) is 38.1 Å². The fourth-order valence-corrected chi connectivity index (χ4v) is 8.73. The van der Waals surface area contributed by atoms with Crippen LogP contribution in [0.3, 0.4) is 0 Å². The predicted octanol–water partition coefficient (Wildman–Crippen LogP) is 1.40. The second kappa shape index (κ2) is 17.6. The van der Waals surface area contributed by atoms with Crippen molar-refractivity contribution in [3.8, 4) is 11.5 Å². The third-order valence-electron chi connectivity index (χ3n) is 11.7. The molecule has 5 aliphatic rings. The third-order valence-corrected chi connectivity index (χ3v) is 11.7. The van der Waals surface area contributed by atoms with Gasteiger partial charge in [0.1, 0.15) is 43.0 Å². The van der Waals surface area contributed by atoms with Crippen molar-refractivity contribution in [2.75, 3.05) is 38.4 Å². The first-order valence-electron chi connectivity index (χ1n) is 20.2. The summed E-state index contributed by atoms with van der Waals surface area (Å²) in [4.78, 5) is 88.0. The zero-order chi connectivity index (χ0) is 41.1. The number of carbonyl (C=O) groups excluding carboxylic acids is 6. The minimum atomic E-state index is -1.51. The van der Waals surface area contributed by atoms with Gasteiger partial charge in [-0.3, -0.25) is 24.1 Å². The molecule has 4 saturated heterocycles. The molecule has 312 valence electrons. The highest BCUT2D eigenvalue weighted by molar-refractivity contribution is 5.95. The predicted molar refractivity (Wildman–Crippen MR) is 208 cm³/mol. The first-order chi connectivity index (χ1) is 27.9. The fourth-order valence-electron chi connectivity index (χ4n) is 8.73. The maximum atomic E-state index is 14.4. The summed E-state index contributed by atoms with van der Waals surface area (Å²) in [5.41, 5.74) is 2.11. The van der Waals surface area contributed by atoms with Crippen molar-refractivity contribution in [2.24, 2.45) is 5.92 Å². The first-order valence-corrected chi connectivity index (χ1v) is 20.2. The molecule has 1 unspecified atom stereocenters. The number of aryl methyl sites for hydroxylation is 1. The summed E-state index contributed by atoms with van der Waals surface area (Å²) in [7, 11) is 0. The number of cyclic esters (lactones) is 1. The molecular weight excluding hydrogens is 750 g/mol. The Hall–Kier alpha value is -5.42. The summed E-state index contributed by atoms with van der Waals surface area (Å²) in [6.07, 6.45) is 1.66. The number of anilines is 1. The lowest BCUT2D eigenvalue weighted by Crippen LogP contribution is -2.63. The average molecular weight is 804 g/mol. The number of aliphatic hydroxyl groups is 1. The lowest BCUT2D eigenvalue weighted by atomic mass is 9.99. The van der Waals surface area contributed by atoms with Gasteiger partial charge in [-0.1, -0.05) is 36.8 Å². The monoisotopic (exact) mass is 803 g/mol. The van der Waals surface area contributed by atoms with E-state index < -0.39 is 78.8 Å². The highest BCUT2D eigenvalue weighted by Crippen LogP contribution is 2.34. The Morgan fingerprint density at radius 1 is 0.897 bits per heavy atom. The number of hydrogen-bond donors (Lipinski definition) is 5. The molecule has 4 fully saturated rings. The summed E-state index contributed by atoms with van der Waals surface area (Å²) in [5.74, 6) is -1.67. The van der Waals surface area contributed by atoms with E-state index in [1.165, 1.54) is 4.90 Å². The molecule has 0 aromatic heterocycles. The van der Waals surface area contributed by atoms with Gasteiger partial charge in [-0.25, -0.2) is 9.59 Å². The maximum Gasteiger partial charge on any atom is 0.328 e. The molecule has 6 amide bonds. The van der Waals surface area contributed by atoms with E-state index in [0.717, 1.165) is 17.5 Å². The number of hydrogen-bond acceptors (Lipinski definition) is 11. The molecule has 17 nitrogen and oxygen atoms in total. The van der Waals surface area contributed by atoms with Crippen molar-refractivity contribution < 1.29 is 48.1 Å². The molecule has 0 saturated carbocycles. The van der Waals surface area contributed by atoms with E-state index in [2.05, 4.69) is 21.3 Å². The molecule has 2 aromatic rings. The van der Waals surface area contributed by atoms with Crippen molar-refractivity contribution in [3.05, 3.63) is 53.6 Å². The topological polar surface area (TPSA) is 208 Å². The number of fused-ring (bicyclic) bond motifs is 4. The van der Waals surface area contributed by atoms with Gasteiger partial charge in [0.05, 0.1) is 6.04 Å². The fraction of sp³-hybridized carbons (Fsp3) is 0.561. The van der Waals surface area contributed by atoms with Gasteiger partial charge < -0.3 is 50.4 Å². The van der Waals surface area contributed by atoms with Crippen molar-refractivity contribution in [3.63, 3.8) is 0 Å². The summed E-state index contributed by atoms with van der Waals surface area (Å²) < 4.78 is 16.6. The van der Waals surface area contributed by atoms with E-state index in [1.54, 1.807) is 34.9 Å². The van der Waals surface area contributed by atoms with E-state index in [9.17, 15) is 33.9 Å². The van der Waals surface area contributed by atoms with Crippen LogP contribution in [-0.4, -0.2) is 131 Å². The van der Waals surface area contributed by atoms with Crippen LogP contribution >= 0.6 is 0 Å². The number of nitrogens with zero attached hydrogens (tertiary/aromatic N) is 3. The highest BCUT2D eigenvalue weighted by atomic mass is 16.7. The lowest BCUT2D eigenvalue weighted by molar-refractivity contribution is -0.159. The molecule has 0 bridgehead atoms. The highest BCUT2D eigenvalue weighted by Gasteiger charge is 2.46. The van der Waals surface area contributed by atoms with Crippen LogP contribution in [-0.2, 0) is 35.1 Å². The molecule has 7 rings (SSSR count). The molecule has 5 heterocycles. The summed E-state index contributed by atoms with van der Waals surface area (Å²) in [5, 5.41) is 23.3. The van der Waals surface area contributed by atoms with Crippen LogP contribution in [0.1, 0.15) is 63.5 Å². The van der Waals surface area contributed by atoms with Crippen LogP contribution in [0.4, 0.5) is 10.5 Å². The molecule has 5 aliphatic heterocycles. The van der Waals surface area contributed by atoms with E-state index in [-0.39, 0.29) is 31.6 Å². The Morgan fingerprint density at radius 3 is 2.50 bits per heavy atom. The number of piperidine rings is 1. The van der Waals surface area contributed by atoms with Crippen molar-refractivity contribution >= 4 is 41.3 Å². The second-order valence-electron chi connectivity index (χ2n) is 16.1. The second-order valence-corrected chi connectivity index (χ2v) is 16.1. The van der Waals surface area contributed by atoms with Crippen molar-refractivity contribution in [1.29, 1.82) is 0 Å². The van der Waals surface area contributed by atoms with Gasteiger partial charge in [-0.15, -0.1) is 0 Å². The van der Waals surface area contributed by atoms with Gasteiger partial charge in [0.2, 0.25) is 30.4 Å². The normalized spacial score (nSPS) is 28.4. The Morgan fingerprint density at radius 2 is 1.69 bits per heavy atom.